The number of aromatic nitrogens is 10. The topological polar surface area (TPSA) is 516 Å². The highest BCUT2D eigenvalue weighted by Gasteiger charge is 2.53. The number of nitrogens with one attached hydrogen (secondary N) is 3. The number of nitrogen functional groups attached to an aromatic ring is 1. The van der Waals surface area contributed by atoms with Crippen molar-refractivity contribution in [3.63, 3.8) is 0 Å². The summed E-state index contributed by atoms with van der Waals surface area (Å²) in [5.74, 6) is -1.81. The molecule has 0 aliphatic carbocycles. The number of carbonyl (C=O) groups excluding carboxylic acids is 1. The lowest BCUT2D eigenvalue weighted by Crippen LogP contribution is -2.39. The molecule has 5 aromatic heterocycles. The molecule has 3 fully saturated rings. The minimum absolute atomic E-state index is 0.0127. The lowest BCUT2D eigenvalue weighted by atomic mass is 9.94. The Morgan fingerprint density at radius 2 is 1.47 bits per heavy atom. The van der Waals surface area contributed by atoms with Crippen molar-refractivity contribution >= 4 is 71.3 Å². The van der Waals surface area contributed by atoms with Gasteiger partial charge in [-0.25, -0.2) is 38.0 Å². The summed E-state index contributed by atoms with van der Waals surface area (Å²) in [6, 6.07) is 0.913. The molecule has 38 nitrogen and oxygen atoms in total. The lowest BCUT2D eigenvalue weighted by Gasteiger charge is -2.31. The number of nitrogens with zero attached hydrogens (tertiary/aromatic N) is 9. The predicted molar refractivity (Wildman–Crippen MR) is 256 cm³/mol. The van der Waals surface area contributed by atoms with Crippen molar-refractivity contribution < 1.29 is 108 Å². The average molecular weight is 1200 g/mol. The number of hydrogen-bond donors (Lipinski definition) is 10. The van der Waals surface area contributed by atoms with Crippen LogP contribution in [-0.4, -0.2) is 181 Å². The fourth-order valence-corrected chi connectivity index (χ4v) is 13.2. The highest BCUT2D eigenvalue weighted by atomic mass is 31.3. The maximum atomic E-state index is 13.5. The Bertz CT molecular complexity index is 3450. The molecule has 8 heterocycles. The Morgan fingerprint density at radius 3 is 2.11 bits per heavy atom. The van der Waals surface area contributed by atoms with Gasteiger partial charge >= 0.3 is 34.7 Å². The van der Waals surface area contributed by atoms with Crippen molar-refractivity contribution in [1.82, 2.24) is 48.5 Å². The molecule has 436 valence electrons. The fraction of sp³-hybridized carbons (Fsp3) is 0.595. The van der Waals surface area contributed by atoms with Crippen LogP contribution in [0.25, 0.3) is 22.3 Å². The van der Waals surface area contributed by atoms with E-state index in [0.29, 0.717) is 11.1 Å². The van der Waals surface area contributed by atoms with Gasteiger partial charge in [-0.05, 0) is 6.92 Å². The highest BCUT2D eigenvalue weighted by molar-refractivity contribution is 7.66. The first-order valence-corrected chi connectivity index (χ1v) is 29.0. The maximum absolute atomic E-state index is 13.5. The van der Waals surface area contributed by atoms with Crippen molar-refractivity contribution in [2.45, 2.75) is 80.9 Å². The number of methoxy groups -OCH3 is 1. The van der Waals surface area contributed by atoms with Gasteiger partial charge in [0, 0.05) is 52.4 Å². The van der Waals surface area contributed by atoms with E-state index >= 15 is 0 Å². The van der Waals surface area contributed by atoms with Gasteiger partial charge in [0.05, 0.1) is 39.3 Å². The van der Waals surface area contributed by atoms with Crippen molar-refractivity contribution in [1.29, 1.82) is 0 Å². The Morgan fingerprint density at radius 1 is 0.835 bits per heavy atom. The maximum Gasteiger partial charge on any atom is 0.490 e. The van der Waals surface area contributed by atoms with E-state index in [-0.39, 0.29) is 34.1 Å². The Hall–Kier alpha value is -5.11. The standard InChI is InChI=1S/C37H53N13O25P4/c1-6-39-36-44-31-23(32(56)45-36)47(4)15-50(31)33-24(53)16(9-21(52)46(2)3)17(70-33)10-68-77(60,61)74-79(64,65)75-78(62,63)69-12-19-27(28(66-5)35(72-19)49-14-42-22-29(38)40-13-41-30(22)49)73-76(58,59)67-11-18-25(54)26(55)34(71-18)48-8-7-20(51)43-37(48)57/h7-8,13-19,24-28,33-35,53-55H,6,9-12H2,1-5H3,(H8-,38,39,40,41,43,44,45,51,56,57,58,59,60,61,62,63,64,65)/t16-,17-,18-,19-,24-,25-,26-,27-,28-,33-,34-,35-/m1/s1. The number of fused-ring (bicyclic) bond motifs is 2. The molecule has 1 amide bonds. The number of amides is 1. The number of carbonyl (C=O) groups is 1. The second-order valence-electron chi connectivity index (χ2n) is 17.8. The molecule has 8 rings (SSSR count). The number of phosphoric acid groups is 4. The molecule has 0 aromatic carbocycles. The first-order chi connectivity index (χ1) is 37.0. The first-order valence-electron chi connectivity index (χ1n) is 23.1. The van der Waals surface area contributed by atoms with Gasteiger partial charge in [0.25, 0.3) is 24.5 Å². The van der Waals surface area contributed by atoms with Crippen LogP contribution in [0.4, 0.5) is 11.8 Å². The number of hydrogen-bond acceptors (Lipinski definition) is 28. The van der Waals surface area contributed by atoms with Crippen LogP contribution in [0.5, 0.6) is 0 Å². The molecule has 3 aliphatic rings. The number of aromatic amines is 2. The summed E-state index contributed by atoms with van der Waals surface area (Å²) >= 11 is 0. The van der Waals surface area contributed by atoms with Gasteiger partial charge in [-0.1, -0.05) is 0 Å². The van der Waals surface area contributed by atoms with E-state index in [1.54, 1.807) is 6.92 Å². The molecule has 0 saturated carbocycles. The predicted octanol–water partition coefficient (Wildman–Crippen LogP) is -3.92. The molecule has 3 saturated heterocycles. The minimum Gasteiger partial charge on any atom is -0.756 e. The highest BCUT2D eigenvalue weighted by Crippen LogP contribution is 2.68. The quantitative estimate of drug-likeness (QED) is 0.0221. The van der Waals surface area contributed by atoms with Gasteiger partial charge in [-0.15, -0.1) is 0 Å². The van der Waals surface area contributed by atoms with Crippen molar-refractivity contribution in [2.75, 3.05) is 58.6 Å². The zero-order valence-corrected chi connectivity index (χ0v) is 45.3. The number of imidazole rings is 2. The summed E-state index contributed by atoms with van der Waals surface area (Å²) in [5, 5.41) is 35.7. The van der Waals surface area contributed by atoms with Gasteiger partial charge in [0.1, 0.15) is 54.6 Å². The van der Waals surface area contributed by atoms with Gasteiger partial charge in [0.2, 0.25) is 24.4 Å². The van der Waals surface area contributed by atoms with E-state index in [1.807, 2.05) is 4.98 Å². The third kappa shape index (κ3) is 13.2. The van der Waals surface area contributed by atoms with Gasteiger partial charge in [-0.3, -0.25) is 47.1 Å². The third-order valence-electron chi connectivity index (χ3n) is 12.4. The zero-order chi connectivity index (χ0) is 57.7. The Balaban J connectivity index is 0.953. The number of rotatable bonds is 23. The zero-order valence-electron chi connectivity index (χ0n) is 41.7. The van der Waals surface area contributed by atoms with Crippen molar-refractivity contribution in [3.8, 4) is 0 Å². The summed E-state index contributed by atoms with van der Waals surface area (Å²) < 4.78 is 109. The lowest BCUT2D eigenvalue weighted by molar-refractivity contribution is -0.646. The number of anilines is 2. The van der Waals surface area contributed by atoms with E-state index in [4.69, 9.17) is 42.8 Å². The van der Waals surface area contributed by atoms with Crippen molar-refractivity contribution in [3.05, 3.63) is 62.4 Å². The molecule has 42 heteroatoms. The average Bonchev–Trinajstić information content (AvgIpc) is 4.39. The van der Waals surface area contributed by atoms with Crippen molar-refractivity contribution in [2.24, 2.45) is 13.0 Å². The first kappa shape index (κ1) is 60.0. The van der Waals surface area contributed by atoms with E-state index in [9.17, 15) is 72.3 Å². The molecule has 3 aliphatic heterocycles. The van der Waals surface area contributed by atoms with Gasteiger partial charge in [-0.2, -0.15) is 18.2 Å². The summed E-state index contributed by atoms with van der Waals surface area (Å²) in [6.45, 7) is -1.33. The van der Waals surface area contributed by atoms with E-state index in [2.05, 4.69) is 38.9 Å². The second kappa shape index (κ2) is 23.4. The van der Waals surface area contributed by atoms with Gasteiger partial charge in [0.15, 0.2) is 23.9 Å². The number of aryl methyl sites for hydroxylation is 1. The number of H-pyrrole nitrogens is 2. The largest absolute Gasteiger partial charge is 0.756 e. The van der Waals surface area contributed by atoms with Crippen LogP contribution in [0.3, 0.4) is 0 Å². The SMILES string of the molecule is CCNc1nc2c(c(=O)[nH]1)[n+](C)cn2[C@@H]1O[C@H](COP(=O)(O)OP(=O)(O)OP(=O)(O)OC[C@H]2O[C@@H](n3cnc4c(N)ncnc43)[C@H](OC)[C@@H]2OP(=O)([O-])OC[C@H]2O[C@@H](n3ccc(=O)[nH]c3=O)[C@H](O)[C@@H]2O)[C@@H](CC(=O)N(C)C)[C@H]1O. The van der Waals surface area contributed by atoms with E-state index in [1.165, 1.54) is 46.1 Å². The molecule has 16 atom stereocenters. The normalized spacial score (nSPS) is 29.3. The number of aliphatic hydroxyl groups is 3. The molecule has 79 heavy (non-hydrogen) atoms. The smallest absolute Gasteiger partial charge is 0.490 e. The molecule has 11 N–H and O–H groups in total. The summed E-state index contributed by atoms with van der Waals surface area (Å²) in [7, 11) is -18.5. The van der Waals surface area contributed by atoms with Crippen LogP contribution in [0.2, 0.25) is 0 Å². The molecular weight excluding hydrogens is 1150 g/mol. The van der Waals surface area contributed by atoms with E-state index in [0.717, 1.165) is 32.0 Å². The summed E-state index contributed by atoms with van der Waals surface area (Å²) in [4.78, 5) is 117. The van der Waals surface area contributed by atoms with Gasteiger partial charge < -0.3 is 78.8 Å². The van der Waals surface area contributed by atoms with Crippen LogP contribution in [-0.2, 0) is 75.8 Å². The molecule has 4 unspecified atom stereocenters. The second-order valence-corrected chi connectivity index (χ2v) is 23.8. The van der Waals surface area contributed by atoms with Crippen LogP contribution in [0.1, 0.15) is 32.0 Å². The van der Waals surface area contributed by atoms with Crippen LogP contribution in [0.15, 0.2) is 45.6 Å². The minimum atomic E-state index is -6.25. The Kier molecular flexibility index (Phi) is 17.8. The van der Waals surface area contributed by atoms with E-state index < -0.39 is 154 Å². The molecule has 5 aromatic rings. The van der Waals surface area contributed by atoms with Crippen LogP contribution >= 0.6 is 31.3 Å². The van der Waals surface area contributed by atoms with Crippen LogP contribution < -0.4 is 37.3 Å². The number of aliphatic hydroxyl groups excluding tert-OH is 3. The Labute approximate surface area is 441 Å². The monoisotopic (exact) mass is 1200 g/mol. The summed E-state index contributed by atoms with van der Waals surface area (Å²) in [5.41, 5.74) is 3.59. The molecule has 0 radical (unpaired) electrons. The number of ether oxygens (including phenoxy) is 4. The number of phosphoric ester groups is 3. The molecular formula is C37H53N13O25P4. The van der Waals surface area contributed by atoms with Crippen LogP contribution in [0, 0.1) is 5.92 Å². The fourth-order valence-electron chi connectivity index (χ4n) is 8.74. The number of nitrogens with two attached hydrogens (primary N) is 1. The molecule has 0 bridgehead atoms. The third-order valence-corrected chi connectivity index (χ3v) is 17.6. The molecule has 0 spiro atoms. The summed E-state index contributed by atoms with van der Waals surface area (Å²) in [6.07, 6.45) is -14.5.